The normalized spacial score (nSPS) is 14.5. The van der Waals surface area contributed by atoms with Gasteiger partial charge in [-0.1, -0.05) is 34.6 Å². The van der Waals surface area contributed by atoms with Crippen molar-refractivity contribution in [3.63, 3.8) is 0 Å². The second kappa shape index (κ2) is 4.48. The molecule has 0 saturated heterocycles. The largest absolute Gasteiger partial charge is 0.355 e. The van der Waals surface area contributed by atoms with Crippen molar-refractivity contribution in [3.05, 3.63) is 0 Å². The van der Waals surface area contributed by atoms with Crippen molar-refractivity contribution in [1.29, 1.82) is 0 Å². The Morgan fingerprint density at radius 3 is 2.08 bits per heavy atom. The Morgan fingerprint density at radius 1 is 1.33 bits per heavy atom. The van der Waals surface area contributed by atoms with Crippen LogP contribution in [0.15, 0.2) is 0 Å². The first-order chi connectivity index (χ1) is 5.38. The predicted octanol–water partition coefficient (Wildman–Crippen LogP) is 2.19. The molecule has 0 aromatic heterocycles. The van der Waals surface area contributed by atoms with E-state index in [0.717, 1.165) is 12.8 Å². The minimum atomic E-state index is 0.158. The monoisotopic (exact) mass is 171 g/mol. The third-order valence-corrected chi connectivity index (χ3v) is 2.02. The van der Waals surface area contributed by atoms with Crippen molar-refractivity contribution in [1.82, 2.24) is 5.32 Å². The smallest absolute Gasteiger partial charge is 0.207 e. The van der Waals surface area contributed by atoms with Crippen LogP contribution in [0.2, 0.25) is 0 Å². The Balaban J connectivity index is 4.13. The summed E-state index contributed by atoms with van der Waals surface area (Å²) in [6.45, 7) is 10.8. The van der Waals surface area contributed by atoms with E-state index in [1.54, 1.807) is 0 Å². The maximum Gasteiger partial charge on any atom is 0.207 e. The SMILES string of the molecule is CC(C)CC(NC=O)C(C)(C)C. The molecule has 0 saturated carbocycles. The van der Waals surface area contributed by atoms with Crippen molar-refractivity contribution >= 4 is 6.41 Å². The van der Waals surface area contributed by atoms with E-state index >= 15 is 0 Å². The number of nitrogens with one attached hydrogen (secondary N) is 1. The number of rotatable bonds is 4. The summed E-state index contributed by atoms with van der Waals surface area (Å²) in [7, 11) is 0. The van der Waals surface area contributed by atoms with Crippen molar-refractivity contribution in [2.45, 2.75) is 47.1 Å². The zero-order chi connectivity index (χ0) is 9.78. The first kappa shape index (κ1) is 11.5. The van der Waals surface area contributed by atoms with Crippen LogP contribution in [0.4, 0.5) is 0 Å². The number of carbonyl (C=O) groups is 1. The molecule has 1 N–H and O–H groups in total. The van der Waals surface area contributed by atoms with Gasteiger partial charge in [0.25, 0.3) is 0 Å². The van der Waals surface area contributed by atoms with Crippen LogP contribution in [0, 0.1) is 11.3 Å². The van der Waals surface area contributed by atoms with E-state index in [0.29, 0.717) is 5.92 Å². The van der Waals surface area contributed by atoms with Crippen LogP contribution in [0.1, 0.15) is 41.0 Å². The Bertz CT molecular complexity index is 135. The molecule has 2 nitrogen and oxygen atoms in total. The van der Waals surface area contributed by atoms with Gasteiger partial charge in [0.1, 0.15) is 0 Å². The molecule has 0 heterocycles. The average Bonchev–Trinajstić information content (AvgIpc) is 1.83. The maximum absolute atomic E-state index is 10.3. The fourth-order valence-electron chi connectivity index (χ4n) is 1.23. The third-order valence-electron chi connectivity index (χ3n) is 2.02. The molecule has 1 unspecified atom stereocenters. The van der Waals surface area contributed by atoms with E-state index in [-0.39, 0.29) is 11.5 Å². The van der Waals surface area contributed by atoms with Gasteiger partial charge in [0.15, 0.2) is 0 Å². The molecular weight excluding hydrogens is 150 g/mol. The zero-order valence-electron chi connectivity index (χ0n) is 8.85. The summed E-state index contributed by atoms with van der Waals surface area (Å²) in [6, 6.07) is 0.287. The van der Waals surface area contributed by atoms with Gasteiger partial charge in [-0.25, -0.2) is 0 Å². The summed E-state index contributed by atoms with van der Waals surface area (Å²) < 4.78 is 0. The standard InChI is InChI=1S/C10H21NO/c1-8(2)6-9(11-7-12)10(3,4)5/h7-9H,6H2,1-5H3,(H,11,12). The molecule has 0 rings (SSSR count). The van der Waals surface area contributed by atoms with Gasteiger partial charge in [0.2, 0.25) is 6.41 Å². The molecule has 0 aliphatic carbocycles. The summed E-state index contributed by atoms with van der Waals surface area (Å²) >= 11 is 0. The van der Waals surface area contributed by atoms with Crippen LogP contribution in [0.3, 0.4) is 0 Å². The van der Waals surface area contributed by atoms with Crippen LogP contribution in [0.5, 0.6) is 0 Å². The van der Waals surface area contributed by atoms with E-state index in [1.807, 2.05) is 0 Å². The van der Waals surface area contributed by atoms with Crippen LogP contribution < -0.4 is 5.32 Å². The summed E-state index contributed by atoms with van der Waals surface area (Å²) in [4.78, 5) is 10.3. The first-order valence-corrected chi connectivity index (χ1v) is 4.57. The van der Waals surface area contributed by atoms with Gasteiger partial charge < -0.3 is 5.32 Å². The van der Waals surface area contributed by atoms with E-state index in [9.17, 15) is 4.79 Å². The maximum atomic E-state index is 10.3. The Morgan fingerprint density at radius 2 is 1.83 bits per heavy atom. The average molecular weight is 171 g/mol. The molecule has 0 radical (unpaired) electrons. The lowest BCUT2D eigenvalue weighted by molar-refractivity contribution is -0.110. The predicted molar refractivity (Wildman–Crippen MR) is 51.9 cm³/mol. The van der Waals surface area contributed by atoms with E-state index in [1.165, 1.54) is 0 Å². The Labute approximate surface area is 75.7 Å². The van der Waals surface area contributed by atoms with E-state index in [4.69, 9.17) is 0 Å². The van der Waals surface area contributed by atoms with Crippen LogP contribution in [-0.4, -0.2) is 12.5 Å². The third kappa shape index (κ3) is 4.37. The number of hydrogen-bond donors (Lipinski definition) is 1. The van der Waals surface area contributed by atoms with Crippen LogP contribution in [-0.2, 0) is 4.79 Å². The van der Waals surface area contributed by atoms with Crippen molar-refractivity contribution in [2.24, 2.45) is 11.3 Å². The quantitative estimate of drug-likeness (QED) is 0.645. The first-order valence-electron chi connectivity index (χ1n) is 4.57. The molecule has 0 aromatic rings. The van der Waals surface area contributed by atoms with Gasteiger partial charge >= 0.3 is 0 Å². The molecule has 1 atom stereocenters. The summed E-state index contributed by atoms with van der Waals surface area (Å²) in [5.74, 6) is 0.627. The highest BCUT2D eigenvalue weighted by Gasteiger charge is 2.24. The summed E-state index contributed by atoms with van der Waals surface area (Å²) in [6.07, 6.45) is 1.85. The van der Waals surface area contributed by atoms with Gasteiger partial charge in [-0.15, -0.1) is 0 Å². The van der Waals surface area contributed by atoms with E-state index < -0.39 is 0 Å². The second-order valence-electron chi connectivity index (χ2n) is 4.83. The molecular formula is C10H21NO. The molecule has 0 aliphatic rings. The highest BCUT2D eigenvalue weighted by atomic mass is 16.1. The van der Waals surface area contributed by atoms with Crippen LogP contribution in [0.25, 0.3) is 0 Å². The molecule has 1 amide bonds. The highest BCUT2D eigenvalue weighted by molar-refractivity contribution is 5.46. The molecule has 0 fully saturated rings. The molecule has 72 valence electrons. The number of amides is 1. The molecule has 12 heavy (non-hydrogen) atoms. The second-order valence-corrected chi connectivity index (χ2v) is 4.83. The van der Waals surface area contributed by atoms with Crippen molar-refractivity contribution < 1.29 is 4.79 Å². The number of carbonyl (C=O) groups excluding carboxylic acids is 1. The lowest BCUT2D eigenvalue weighted by Gasteiger charge is -2.31. The van der Waals surface area contributed by atoms with E-state index in [2.05, 4.69) is 39.9 Å². The van der Waals surface area contributed by atoms with Gasteiger partial charge in [-0.2, -0.15) is 0 Å². The lowest BCUT2D eigenvalue weighted by Crippen LogP contribution is -2.40. The van der Waals surface area contributed by atoms with Gasteiger partial charge in [-0.05, 0) is 17.8 Å². The number of hydrogen-bond acceptors (Lipinski definition) is 1. The minimum absolute atomic E-state index is 0.158. The lowest BCUT2D eigenvalue weighted by atomic mass is 9.82. The fraction of sp³-hybridized carbons (Fsp3) is 0.900. The fourth-order valence-corrected chi connectivity index (χ4v) is 1.23. The van der Waals surface area contributed by atoms with Gasteiger partial charge in [0, 0.05) is 6.04 Å². The molecule has 0 aliphatic heterocycles. The van der Waals surface area contributed by atoms with Gasteiger partial charge in [0.05, 0.1) is 0 Å². The topological polar surface area (TPSA) is 29.1 Å². The summed E-state index contributed by atoms with van der Waals surface area (Å²) in [5.41, 5.74) is 0.158. The van der Waals surface area contributed by atoms with Crippen molar-refractivity contribution in [2.75, 3.05) is 0 Å². The molecule has 0 aromatic carbocycles. The zero-order valence-corrected chi connectivity index (χ0v) is 8.85. The van der Waals surface area contributed by atoms with Crippen molar-refractivity contribution in [3.8, 4) is 0 Å². The Kier molecular flexibility index (Phi) is 4.29. The van der Waals surface area contributed by atoms with Crippen LogP contribution >= 0.6 is 0 Å². The minimum Gasteiger partial charge on any atom is -0.355 e. The molecule has 0 bridgehead atoms. The molecule has 2 heteroatoms. The van der Waals surface area contributed by atoms with Gasteiger partial charge in [-0.3, -0.25) is 4.79 Å². The summed E-state index contributed by atoms with van der Waals surface area (Å²) in [5, 5.41) is 2.87. The molecule has 0 spiro atoms. The Hall–Kier alpha value is -0.530. The highest BCUT2D eigenvalue weighted by Crippen LogP contribution is 2.23.